The number of benzene rings is 4. The van der Waals surface area contributed by atoms with Crippen LogP contribution in [0.3, 0.4) is 0 Å². The van der Waals surface area contributed by atoms with Crippen LogP contribution in [0, 0.1) is 23.5 Å². The SMILES string of the molecule is CCCc1ccc(C#Cc2ccc3c(F)c(CCc4ccc(F)cc4)ccc3c2)cc1. The molecule has 0 aliphatic rings. The quantitative estimate of drug-likeness (QED) is 0.304. The van der Waals surface area contributed by atoms with E-state index in [-0.39, 0.29) is 11.6 Å². The Morgan fingerprint density at radius 1 is 0.645 bits per heavy atom. The molecular formula is C29H24F2. The molecular weight excluding hydrogens is 386 g/mol. The highest BCUT2D eigenvalue weighted by atomic mass is 19.1. The van der Waals surface area contributed by atoms with Gasteiger partial charge in [-0.05, 0) is 77.7 Å². The number of aryl methyl sites for hydroxylation is 3. The first kappa shape index (κ1) is 20.8. The van der Waals surface area contributed by atoms with Crippen LogP contribution in [-0.4, -0.2) is 0 Å². The van der Waals surface area contributed by atoms with Crippen molar-refractivity contribution in [1.82, 2.24) is 0 Å². The molecule has 0 N–H and O–H groups in total. The van der Waals surface area contributed by atoms with Gasteiger partial charge in [0.2, 0.25) is 0 Å². The summed E-state index contributed by atoms with van der Waals surface area (Å²) in [5.41, 5.74) is 4.83. The van der Waals surface area contributed by atoms with Gasteiger partial charge in [0.05, 0.1) is 0 Å². The first-order valence-corrected chi connectivity index (χ1v) is 10.7. The van der Waals surface area contributed by atoms with Gasteiger partial charge in [0, 0.05) is 16.5 Å². The van der Waals surface area contributed by atoms with Crippen LogP contribution < -0.4 is 0 Å². The summed E-state index contributed by atoms with van der Waals surface area (Å²) in [4.78, 5) is 0. The van der Waals surface area contributed by atoms with E-state index in [0.29, 0.717) is 23.8 Å². The summed E-state index contributed by atoms with van der Waals surface area (Å²) in [5.74, 6) is 5.93. The van der Waals surface area contributed by atoms with E-state index in [2.05, 4.69) is 30.9 Å². The second kappa shape index (κ2) is 9.58. The van der Waals surface area contributed by atoms with Gasteiger partial charge in [-0.1, -0.05) is 67.6 Å². The topological polar surface area (TPSA) is 0 Å². The Bertz CT molecular complexity index is 1240. The highest BCUT2D eigenvalue weighted by Gasteiger charge is 2.08. The second-order valence-corrected chi connectivity index (χ2v) is 7.80. The molecule has 0 aromatic heterocycles. The van der Waals surface area contributed by atoms with Gasteiger partial charge in [-0.25, -0.2) is 8.78 Å². The van der Waals surface area contributed by atoms with Crippen molar-refractivity contribution in [1.29, 1.82) is 0 Å². The molecule has 0 atom stereocenters. The van der Waals surface area contributed by atoms with Crippen molar-refractivity contribution in [2.24, 2.45) is 0 Å². The van der Waals surface area contributed by atoms with Crippen LogP contribution >= 0.6 is 0 Å². The third-order valence-corrected chi connectivity index (χ3v) is 5.47. The molecule has 4 aromatic carbocycles. The number of hydrogen-bond donors (Lipinski definition) is 0. The van der Waals surface area contributed by atoms with E-state index in [1.54, 1.807) is 18.2 Å². The van der Waals surface area contributed by atoms with Gasteiger partial charge < -0.3 is 0 Å². The molecule has 0 amide bonds. The largest absolute Gasteiger partial charge is 0.207 e. The lowest BCUT2D eigenvalue weighted by Crippen LogP contribution is -1.96. The maximum absolute atomic E-state index is 15.0. The minimum atomic E-state index is -0.256. The van der Waals surface area contributed by atoms with E-state index in [9.17, 15) is 4.39 Å². The molecule has 0 fully saturated rings. The zero-order valence-corrected chi connectivity index (χ0v) is 17.6. The standard InChI is InChI=1S/C29H24F2/c1-2-3-21-4-6-22(7-5-21)8-9-24-13-19-28-26(20-24)16-15-25(29(28)31)14-10-23-11-17-27(30)18-12-23/h4-7,11-13,15-20H,2-3,10,14H2,1H3. The Balaban J connectivity index is 1.51. The summed E-state index contributed by atoms with van der Waals surface area (Å²) in [6.45, 7) is 2.17. The van der Waals surface area contributed by atoms with Crippen molar-refractivity contribution in [3.8, 4) is 11.8 Å². The molecule has 0 saturated heterocycles. The van der Waals surface area contributed by atoms with Crippen molar-refractivity contribution >= 4 is 10.8 Å². The third-order valence-electron chi connectivity index (χ3n) is 5.47. The van der Waals surface area contributed by atoms with Gasteiger partial charge in [-0.15, -0.1) is 0 Å². The van der Waals surface area contributed by atoms with Gasteiger partial charge >= 0.3 is 0 Å². The van der Waals surface area contributed by atoms with E-state index >= 15 is 4.39 Å². The maximum atomic E-state index is 15.0. The summed E-state index contributed by atoms with van der Waals surface area (Å²) >= 11 is 0. The smallest absolute Gasteiger partial charge is 0.134 e. The highest BCUT2D eigenvalue weighted by molar-refractivity contribution is 5.85. The predicted molar refractivity (Wildman–Crippen MR) is 124 cm³/mol. The van der Waals surface area contributed by atoms with Gasteiger partial charge in [-0.3, -0.25) is 0 Å². The lowest BCUT2D eigenvalue weighted by molar-refractivity contribution is 0.619. The van der Waals surface area contributed by atoms with Crippen LogP contribution in [0.15, 0.2) is 78.9 Å². The number of halogens is 2. The molecule has 0 aliphatic heterocycles. The molecule has 0 radical (unpaired) electrons. The van der Waals surface area contributed by atoms with Crippen LogP contribution in [0.1, 0.15) is 41.2 Å². The minimum absolute atomic E-state index is 0.189. The molecule has 0 saturated carbocycles. The van der Waals surface area contributed by atoms with Crippen molar-refractivity contribution in [3.05, 3.63) is 118 Å². The first-order chi connectivity index (χ1) is 15.1. The molecule has 0 aliphatic carbocycles. The molecule has 31 heavy (non-hydrogen) atoms. The normalized spacial score (nSPS) is 10.7. The fraction of sp³-hybridized carbons (Fsp3) is 0.172. The first-order valence-electron chi connectivity index (χ1n) is 10.7. The Kier molecular flexibility index (Phi) is 6.43. The Labute approximate surface area is 182 Å². The van der Waals surface area contributed by atoms with Crippen molar-refractivity contribution in [3.63, 3.8) is 0 Å². The Hall–Kier alpha value is -3.44. The maximum Gasteiger partial charge on any atom is 0.134 e. The molecule has 0 spiro atoms. The number of hydrogen-bond acceptors (Lipinski definition) is 0. The van der Waals surface area contributed by atoms with E-state index in [1.165, 1.54) is 17.7 Å². The zero-order valence-electron chi connectivity index (χ0n) is 17.6. The lowest BCUT2D eigenvalue weighted by atomic mass is 9.99. The Morgan fingerprint density at radius 2 is 1.29 bits per heavy atom. The van der Waals surface area contributed by atoms with Crippen molar-refractivity contribution in [2.75, 3.05) is 0 Å². The molecule has 4 aromatic rings. The lowest BCUT2D eigenvalue weighted by Gasteiger charge is -2.08. The molecule has 4 rings (SSSR count). The predicted octanol–water partition coefficient (Wildman–Crippen LogP) is 7.26. The van der Waals surface area contributed by atoms with E-state index in [0.717, 1.165) is 34.9 Å². The number of rotatable bonds is 5. The Morgan fingerprint density at radius 3 is 2.03 bits per heavy atom. The summed E-state index contributed by atoms with van der Waals surface area (Å²) in [6.07, 6.45) is 3.45. The monoisotopic (exact) mass is 410 g/mol. The van der Waals surface area contributed by atoms with Crippen LogP contribution in [0.2, 0.25) is 0 Å². The minimum Gasteiger partial charge on any atom is -0.207 e. The summed E-state index contributed by atoms with van der Waals surface area (Å²) in [6, 6.07) is 24.1. The van der Waals surface area contributed by atoms with E-state index < -0.39 is 0 Å². The van der Waals surface area contributed by atoms with Gasteiger partial charge in [0.1, 0.15) is 11.6 Å². The van der Waals surface area contributed by atoms with Crippen LogP contribution in [-0.2, 0) is 19.3 Å². The van der Waals surface area contributed by atoms with E-state index in [4.69, 9.17) is 0 Å². The van der Waals surface area contributed by atoms with Crippen LogP contribution in [0.5, 0.6) is 0 Å². The second-order valence-electron chi connectivity index (χ2n) is 7.80. The molecule has 0 nitrogen and oxygen atoms in total. The molecule has 0 bridgehead atoms. The molecule has 0 unspecified atom stereocenters. The van der Waals surface area contributed by atoms with E-state index in [1.807, 2.05) is 36.4 Å². The van der Waals surface area contributed by atoms with Crippen LogP contribution in [0.25, 0.3) is 10.8 Å². The fourth-order valence-electron chi connectivity index (χ4n) is 3.73. The average molecular weight is 411 g/mol. The fourth-order valence-corrected chi connectivity index (χ4v) is 3.73. The van der Waals surface area contributed by atoms with Gasteiger partial charge in [0.25, 0.3) is 0 Å². The summed E-state index contributed by atoms with van der Waals surface area (Å²) in [7, 11) is 0. The van der Waals surface area contributed by atoms with Crippen molar-refractivity contribution in [2.45, 2.75) is 32.6 Å². The molecule has 154 valence electrons. The third kappa shape index (κ3) is 5.19. The van der Waals surface area contributed by atoms with Gasteiger partial charge in [-0.2, -0.15) is 0 Å². The molecule has 2 heteroatoms. The molecule has 0 heterocycles. The summed E-state index contributed by atoms with van der Waals surface area (Å²) < 4.78 is 28.1. The highest BCUT2D eigenvalue weighted by Crippen LogP contribution is 2.23. The zero-order chi connectivity index (χ0) is 21.6. The van der Waals surface area contributed by atoms with Crippen LogP contribution in [0.4, 0.5) is 8.78 Å². The van der Waals surface area contributed by atoms with Crippen molar-refractivity contribution < 1.29 is 8.78 Å². The summed E-state index contributed by atoms with van der Waals surface area (Å²) in [5, 5.41) is 1.44. The average Bonchev–Trinajstić information content (AvgIpc) is 2.79. The number of fused-ring (bicyclic) bond motifs is 1. The van der Waals surface area contributed by atoms with Gasteiger partial charge in [0.15, 0.2) is 0 Å².